The fraction of sp³-hybridized carbons (Fsp3) is 0.154. The molecule has 2 rings (SSSR count). The Labute approximate surface area is 109 Å². The van der Waals surface area contributed by atoms with Crippen molar-refractivity contribution < 1.29 is 14.7 Å². The molecular weight excluding hydrogens is 246 g/mol. The molecule has 0 radical (unpaired) electrons. The quantitative estimate of drug-likeness (QED) is 0.878. The predicted octanol–water partition coefficient (Wildman–Crippen LogP) is 1.68. The summed E-state index contributed by atoms with van der Waals surface area (Å²) in [4.78, 5) is 23.0. The SMILES string of the molecule is Cc1ccc(NC(=O)c2nn(C)cc2C(=O)O)cc1. The molecule has 19 heavy (non-hydrogen) atoms. The van der Waals surface area contributed by atoms with Crippen LogP contribution in [0.3, 0.4) is 0 Å². The van der Waals surface area contributed by atoms with Crippen LogP contribution < -0.4 is 5.32 Å². The molecule has 0 atom stereocenters. The summed E-state index contributed by atoms with van der Waals surface area (Å²) >= 11 is 0. The van der Waals surface area contributed by atoms with E-state index in [1.54, 1.807) is 19.2 Å². The van der Waals surface area contributed by atoms with Crippen LogP contribution in [0.4, 0.5) is 5.69 Å². The van der Waals surface area contributed by atoms with Gasteiger partial charge in [-0.25, -0.2) is 4.79 Å². The molecular formula is C13H13N3O3. The van der Waals surface area contributed by atoms with Crippen LogP contribution in [0, 0.1) is 6.92 Å². The Morgan fingerprint density at radius 2 is 1.89 bits per heavy atom. The van der Waals surface area contributed by atoms with E-state index in [0.717, 1.165) is 5.56 Å². The summed E-state index contributed by atoms with van der Waals surface area (Å²) < 4.78 is 1.30. The van der Waals surface area contributed by atoms with Gasteiger partial charge in [-0.1, -0.05) is 17.7 Å². The lowest BCUT2D eigenvalue weighted by Gasteiger charge is -2.04. The summed E-state index contributed by atoms with van der Waals surface area (Å²) in [6.07, 6.45) is 1.30. The van der Waals surface area contributed by atoms with Gasteiger partial charge < -0.3 is 10.4 Å². The molecule has 0 aliphatic heterocycles. The van der Waals surface area contributed by atoms with E-state index < -0.39 is 11.9 Å². The molecule has 0 saturated carbocycles. The second kappa shape index (κ2) is 4.93. The lowest BCUT2D eigenvalue weighted by atomic mass is 10.2. The first kappa shape index (κ1) is 12.8. The molecule has 6 heteroatoms. The first-order chi connectivity index (χ1) is 8.97. The number of carbonyl (C=O) groups is 2. The number of benzene rings is 1. The third-order valence-electron chi connectivity index (χ3n) is 2.58. The highest BCUT2D eigenvalue weighted by Crippen LogP contribution is 2.12. The van der Waals surface area contributed by atoms with Crippen molar-refractivity contribution in [1.82, 2.24) is 9.78 Å². The van der Waals surface area contributed by atoms with Crippen molar-refractivity contribution >= 4 is 17.6 Å². The van der Waals surface area contributed by atoms with Gasteiger partial charge in [-0.05, 0) is 19.1 Å². The molecule has 0 spiro atoms. The van der Waals surface area contributed by atoms with Gasteiger partial charge in [0.05, 0.1) is 0 Å². The molecule has 1 aromatic carbocycles. The molecule has 1 amide bonds. The predicted molar refractivity (Wildman–Crippen MR) is 69.3 cm³/mol. The Hall–Kier alpha value is -2.63. The van der Waals surface area contributed by atoms with Gasteiger partial charge in [-0.2, -0.15) is 5.10 Å². The number of rotatable bonds is 3. The number of carboxylic acid groups (broad SMARTS) is 1. The number of amides is 1. The number of aromatic carboxylic acids is 1. The van der Waals surface area contributed by atoms with Gasteiger partial charge in [0.15, 0.2) is 5.69 Å². The van der Waals surface area contributed by atoms with Gasteiger partial charge >= 0.3 is 5.97 Å². The van der Waals surface area contributed by atoms with Gasteiger partial charge in [-0.15, -0.1) is 0 Å². The molecule has 0 aliphatic rings. The number of carbonyl (C=O) groups excluding carboxylic acids is 1. The molecule has 2 aromatic rings. The Kier molecular flexibility index (Phi) is 3.33. The third kappa shape index (κ3) is 2.79. The minimum atomic E-state index is -1.18. The van der Waals surface area contributed by atoms with E-state index in [2.05, 4.69) is 10.4 Å². The van der Waals surface area contributed by atoms with E-state index in [9.17, 15) is 9.59 Å². The van der Waals surface area contributed by atoms with Gasteiger partial charge in [0.2, 0.25) is 0 Å². The topological polar surface area (TPSA) is 84.2 Å². The third-order valence-corrected chi connectivity index (χ3v) is 2.58. The maximum atomic E-state index is 12.0. The zero-order chi connectivity index (χ0) is 14.0. The van der Waals surface area contributed by atoms with Gasteiger partial charge in [0.25, 0.3) is 5.91 Å². The zero-order valence-electron chi connectivity index (χ0n) is 10.5. The Bertz CT molecular complexity index is 629. The summed E-state index contributed by atoms with van der Waals surface area (Å²) in [5, 5.41) is 15.5. The molecule has 1 aromatic heterocycles. The van der Waals surface area contributed by atoms with Crippen LogP contribution >= 0.6 is 0 Å². The van der Waals surface area contributed by atoms with Crippen LogP contribution in [0.15, 0.2) is 30.5 Å². The van der Waals surface area contributed by atoms with E-state index in [0.29, 0.717) is 5.69 Å². The van der Waals surface area contributed by atoms with Crippen LogP contribution in [0.2, 0.25) is 0 Å². The molecule has 0 unspecified atom stereocenters. The van der Waals surface area contributed by atoms with Crippen LogP contribution in [0.1, 0.15) is 26.4 Å². The summed E-state index contributed by atoms with van der Waals surface area (Å²) in [5.74, 6) is -1.72. The highest BCUT2D eigenvalue weighted by atomic mass is 16.4. The maximum absolute atomic E-state index is 12.0. The number of nitrogens with one attached hydrogen (secondary N) is 1. The number of carboxylic acids is 1. The first-order valence-electron chi connectivity index (χ1n) is 5.62. The van der Waals surface area contributed by atoms with E-state index >= 15 is 0 Å². The minimum absolute atomic E-state index is 0.101. The normalized spacial score (nSPS) is 10.2. The lowest BCUT2D eigenvalue weighted by Crippen LogP contribution is -2.16. The smallest absolute Gasteiger partial charge is 0.339 e. The fourth-order valence-corrected chi connectivity index (χ4v) is 1.64. The van der Waals surface area contributed by atoms with Crippen LogP contribution in [-0.4, -0.2) is 26.8 Å². The minimum Gasteiger partial charge on any atom is -0.478 e. The summed E-state index contributed by atoms with van der Waals surface area (Å²) in [7, 11) is 1.56. The maximum Gasteiger partial charge on any atom is 0.339 e. The van der Waals surface area contributed by atoms with Crippen molar-refractivity contribution in [3.8, 4) is 0 Å². The van der Waals surface area contributed by atoms with Crippen molar-refractivity contribution in [3.63, 3.8) is 0 Å². The van der Waals surface area contributed by atoms with Crippen LogP contribution in [0.25, 0.3) is 0 Å². The number of aromatic nitrogens is 2. The number of hydrogen-bond acceptors (Lipinski definition) is 3. The van der Waals surface area contributed by atoms with Crippen molar-refractivity contribution in [2.75, 3.05) is 5.32 Å². The van der Waals surface area contributed by atoms with Crippen LogP contribution in [-0.2, 0) is 7.05 Å². The van der Waals surface area contributed by atoms with Gasteiger partial charge in [0.1, 0.15) is 5.56 Å². The number of anilines is 1. The van der Waals surface area contributed by atoms with Crippen molar-refractivity contribution in [2.24, 2.45) is 7.05 Å². The number of hydrogen-bond donors (Lipinski definition) is 2. The Balaban J connectivity index is 2.25. The Morgan fingerprint density at radius 1 is 1.26 bits per heavy atom. The highest BCUT2D eigenvalue weighted by molar-refractivity contribution is 6.09. The molecule has 0 aliphatic carbocycles. The average molecular weight is 259 g/mol. The highest BCUT2D eigenvalue weighted by Gasteiger charge is 2.20. The van der Waals surface area contributed by atoms with E-state index in [1.165, 1.54) is 10.9 Å². The van der Waals surface area contributed by atoms with E-state index in [1.807, 2.05) is 19.1 Å². The standard InChI is InChI=1S/C13H13N3O3/c1-8-3-5-9(6-4-8)14-12(17)11-10(13(18)19)7-16(2)15-11/h3-7H,1-2H3,(H,14,17)(H,18,19). The van der Waals surface area contributed by atoms with E-state index in [4.69, 9.17) is 5.11 Å². The van der Waals surface area contributed by atoms with Crippen molar-refractivity contribution in [2.45, 2.75) is 6.92 Å². The molecule has 2 N–H and O–H groups in total. The number of nitrogens with zero attached hydrogens (tertiary/aromatic N) is 2. The monoisotopic (exact) mass is 259 g/mol. The second-order valence-electron chi connectivity index (χ2n) is 4.19. The molecule has 6 nitrogen and oxygen atoms in total. The lowest BCUT2D eigenvalue weighted by molar-refractivity contribution is 0.0692. The molecule has 0 saturated heterocycles. The largest absolute Gasteiger partial charge is 0.478 e. The summed E-state index contributed by atoms with van der Waals surface area (Å²) in [6, 6.07) is 7.20. The zero-order valence-corrected chi connectivity index (χ0v) is 10.5. The molecule has 0 fully saturated rings. The summed E-state index contributed by atoms with van der Waals surface area (Å²) in [5.41, 5.74) is 1.45. The number of aryl methyl sites for hydroxylation is 2. The fourth-order valence-electron chi connectivity index (χ4n) is 1.64. The molecule has 0 bridgehead atoms. The average Bonchev–Trinajstić information content (AvgIpc) is 2.74. The van der Waals surface area contributed by atoms with Gasteiger partial charge in [0, 0.05) is 18.9 Å². The van der Waals surface area contributed by atoms with Crippen LogP contribution in [0.5, 0.6) is 0 Å². The second-order valence-corrected chi connectivity index (χ2v) is 4.19. The van der Waals surface area contributed by atoms with Gasteiger partial charge in [-0.3, -0.25) is 9.48 Å². The molecule has 1 heterocycles. The van der Waals surface area contributed by atoms with Crippen molar-refractivity contribution in [3.05, 3.63) is 47.3 Å². The van der Waals surface area contributed by atoms with E-state index in [-0.39, 0.29) is 11.3 Å². The summed E-state index contributed by atoms with van der Waals surface area (Å²) in [6.45, 7) is 1.94. The Morgan fingerprint density at radius 3 is 2.47 bits per heavy atom. The first-order valence-corrected chi connectivity index (χ1v) is 5.62. The molecule has 98 valence electrons. The van der Waals surface area contributed by atoms with Crippen molar-refractivity contribution in [1.29, 1.82) is 0 Å².